The highest BCUT2D eigenvalue weighted by atomic mass is 16.5. The average Bonchev–Trinajstić information content (AvgIpc) is 2.65. The smallest absolute Gasteiger partial charge is 0.338 e. The van der Waals surface area contributed by atoms with Gasteiger partial charge in [-0.25, -0.2) is 4.79 Å². The summed E-state index contributed by atoms with van der Waals surface area (Å²) in [6, 6.07) is 13.6. The third kappa shape index (κ3) is 3.58. The Hall–Kier alpha value is -2.36. The van der Waals surface area contributed by atoms with Gasteiger partial charge in [0.1, 0.15) is 0 Å². The molecule has 1 unspecified atom stereocenters. The molecular weight excluding hydrogens is 302 g/mol. The molecular formula is C20H23NO3. The summed E-state index contributed by atoms with van der Waals surface area (Å²) in [5.74, 6) is -0.533. The van der Waals surface area contributed by atoms with Crippen LogP contribution in [0.25, 0.3) is 10.8 Å². The van der Waals surface area contributed by atoms with Gasteiger partial charge in [-0.05, 0) is 48.6 Å². The summed E-state index contributed by atoms with van der Waals surface area (Å²) in [7, 11) is 0. The summed E-state index contributed by atoms with van der Waals surface area (Å²) in [4.78, 5) is 26.5. The van der Waals surface area contributed by atoms with Crippen LogP contribution >= 0.6 is 0 Å². The number of benzene rings is 2. The number of likely N-dealkylation sites (tertiary alicyclic amines) is 1. The SMILES string of the molecule is CCC1CCCCN1C(=O)COC(=O)c1ccc2ccccc2c1. The minimum Gasteiger partial charge on any atom is -0.452 e. The number of hydrogen-bond donors (Lipinski definition) is 0. The molecule has 4 heteroatoms. The van der Waals surface area contributed by atoms with Crippen LogP contribution in [0.5, 0.6) is 0 Å². The third-order valence-electron chi connectivity index (χ3n) is 4.73. The zero-order valence-corrected chi connectivity index (χ0v) is 14.0. The van der Waals surface area contributed by atoms with Gasteiger partial charge in [0, 0.05) is 12.6 Å². The van der Waals surface area contributed by atoms with Crippen molar-refractivity contribution in [2.45, 2.75) is 38.6 Å². The summed E-state index contributed by atoms with van der Waals surface area (Å²) in [6.45, 7) is 2.68. The molecule has 2 aromatic carbocycles. The van der Waals surface area contributed by atoms with Crippen molar-refractivity contribution in [1.82, 2.24) is 4.90 Å². The number of piperidine rings is 1. The van der Waals surface area contributed by atoms with E-state index in [4.69, 9.17) is 4.74 Å². The molecule has 24 heavy (non-hydrogen) atoms. The lowest BCUT2D eigenvalue weighted by molar-refractivity contribution is -0.138. The molecule has 0 saturated carbocycles. The topological polar surface area (TPSA) is 46.6 Å². The van der Waals surface area contributed by atoms with Gasteiger partial charge in [0.05, 0.1) is 5.56 Å². The van der Waals surface area contributed by atoms with Crippen LogP contribution in [0.2, 0.25) is 0 Å². The quantitative estimate of drug-likeness (QED) is 0.804. The number of carbonyl (C=O) groups excluding carboxylic acids is 2. The molecule has 3 rings (SSSR count). The fourth-order valence-corrected chi connectivity index (χ4v) is 3.36. The standard InChI is InChI=1S/C20H23NO3/c1-2-18-9-5-6-12-21(18)19(22)14-24-20(23)17-11-10-15-7-3-4-8-16(15)13-17/h3-4,7-8,10-11,13,18H,2,5-6,9,12,14H2,1H3. The highest BCUT2D eigenvalue weighted by molar-refractivity contribution is 5.96. The Morgan fingerprint density at radius 2 is 1.92 bits per heavy atom. The van der Waals surface area contributed by atoms with E-state index in [1.54, 1.807) is 12.1 Å². The molecule has 0 aromatic heterocycles. The molecule has 1 atom stereocenters. The van der Waals surface area contributed by atoms with Crippen LogP contribution in [0.4, 0.5) is 0 Å². The second-order valence-corrected chi connectivity index (χ2v) is 6.28. The number of esters is 1. The maximum Gasteiger partial charge on any atom is 0.338 e. The second kappa shape index (κ2) is 7.47. The van der Waals surface area contributed by atoms with E-state index in [9.17, 15) is 9.59 Å². The molecule has 0 aliphatic carbocycles. The fourth-order valence-electron chi connectivity index (χ4n) is 3.36. The summed E-state index contributed by atoms with van der Waals surface area (Å²) in [6.07, 6.45) is 4.19. The minimum absolute atomic E-state index is 0.0873. The molecule has 0 spiro atoms. The largest absolute Gasteiger partial charge is 0.452 e. The Morgan fingerprint density at radius 1 is 1.12 bits per heavy atom. The molecule has 1 aliphatic heterocycles. The summed E-state index contributed by atoms with van der Waals surface area (Å²) < 4.78 is 5.25. The van der Waals surface area contributed by atoms with Crippen LogP contribution in [0.15, 0.2) is 42.5 Å². The number of nitrogens with zero attached hydrogens (tertiary/aromatic N) is 1. The molecule has 1 amide bonds. The van der Waals surface area contributed by atoms with E-state index < -0.39 is 5.97 Å². The number of fused-ring (bicyclic) bond motifs is 1. The van der Waals surface area contributed by atoms with E-state index in [1.807, 2.05) is 35.2 Å². The Bertz CT molecular complexity index is 740. The Morgan fingerprint density at radius 3 is 2.71 bits per heavy atom. The Kier molecular flexibility index (Phi) is 5.14. The van der Waals surface area contributed by atoms with Crippen LogP contribution in [-0.2, 0) is 9.53 Å². The third-order valence-corrected chi connectivity index (χ3v) is 4.73. The van der Waals surface area contributed by atoms with Crippen LogP contribution in [0, 0.1) is 0 Å². The number of carbonyl (C=O) groups is 2. The van der Waals surface area contributed by atoms with E-state index in [1.165, 1.54) is 6.42 Å². The monoisotopic (exact) mass is 325 g/mol. The zero-order chi connectivity index (χ0) is 16.9. The number of amides is 1. The van der Waals surface area contributed by atoms with Crippen molar-refractivity contribution in [2.24, 2.45) is 0 Å². The highest BCUT2D eigenvalue weighted by Crippen LogP contribution is 2.20. The predicted octanol–water partition coefficient (Wildman–Crippen LogP) is 3.79. The van der Waals surface area contributed by atoms with Gasteiger partial charge in [-0.1, -0.05) is 37.3 Å². The zero-order valence-electron chi connectivity index (χ0n) is 14.0. The molecule has 126 valence electrons. The maximum absolute atomic E-state index is 12.4. The Labute approximate surface area is 142 Å². The van der Waals surface area contributed by atoms with Crippen molar-refractivity contribution < 1.29 is 14.3 Å². The number of rotatable bonds is 4. The van der Waals surface area contributed by atoms with Gasteiger partial charge in [0.2, 0.25) is 0 Å². The van der Waals surface area contributed by atoms with Crippen molar-refractivity contribution in [3.8, 4) is 0 Å². The number of ether oxygens (including phenoxy) is 1. The van der Waals surface area contributed by atoms with Crippen LogP contribution in [0.1, 0.15) is 43.0 Å². The first-order chi connectivity index (χ1) is 11.7. The summed E-state index contributed by atoms with van der Waals surface area (Å²) in [5.41, 5.74) is 0.479. The van der Waals surface area contributed by atoms with Gasteiger partial charge in [0.15, 0.2) is 6.61 Å². The lowest BCUT2D eigenvalue weighted by atomic mass is 10.00. The molecule has 1 heterocycles. The van der Waals surface area contributed by atoms with Crippen LogP contribution < -0.4 is 0 Å². The van der Waals surface area contributed by atoms with Gasteiger partial charge in [-0.3, -0.25) is 4.79 Å². The van der Waals surface area contributed by atoms with Gasteiger partial charge >= 0.3 is 5.97 Å². The van der Waals surface area contributed by atoms with Crippen molar-refractivity contribution in [3.63, 3.8) is 0 Å². The first-order valence-corrected chi connectivity index (χ1v) is 8.64. The molecule has 4 nitrogen and oxygen atoms in total. The first-order valence-electron chi connectivity index (χ1n) is 8.64. The van der Waals surface area contributed by atoms with Crippen LogP contribution in [-0.4, -0.2) is 36.0 Å². The lowest BCUT2D eigenvalue weighted by Crippen LogP contribution is -2.45. The van der Waals surface area contributed by atoms with Gasteiger partial charge in [-0.2, -0.15) is 0 Å². The van der Waals surface area contributed by atoms with Crippen molar-refractivity contribution in [1.29, 1.82) is 0 Å². The minimum atomic E-state index is -0.445. The Balaban J connectivity index is 1.62. The molecule has 1 fully saturated rings. The average molecular weight is 325 g/mol. The van der Waals surface area contributed by atoms with Gasteiger partial charge < -0.3 is 9.64 Å². The van der Waals surface area contributed by atoms with E-state index in [0.717, 1.165) is 36.6 Å². The molecule has 0 bridgehead atoms. The first kappa shape index (κ1) is 16.5. The second-order valence-electron chi connectivity index (χ2n) is 6.28. The fraction of sp³-hybridized carbons (Fsp3) is 0.400. The predicted molar refractivity (Wildman–Crippen MR) is 93.9 cm³/mol. The van der Waals surface area contributed by atoms with Gasteiger partial charge in [0.25, 0.3) is 5.91 Å². The van der Waals surface area contributed by atoms with E-state index in [-0.39, 0.29) is 18.6 Å². The lowest BCUT2D eigenvalue weighted by Gasteiger charge is -2.35. The maximum atomic E-state index is 12.4. The molecule has 0 N–H and O–H groups in total. The number of hydrogen-bond acceptors (Lipinski definition) is 3. The highest BCUT2D eigenvalue weighted by Gasteiger charge is 2.26. The van der Waals surface area contributed by atoms with E-state index in [0.29, 0.717) is 5.56 Å². The molecule has 1 saturated heterocycles. The summed E-state index contributed by atoms with van der Waals surface area (Å²) >= 11 is 0. The summed E-state index contributed by atoms with van der Waals surface area (Å²) in [5, 5.41) is 2.06. The van der Waals surface area contributed by atoms with Crippen molar-refractivity contribution in [2.75, 3.05) is 13.2 Å². The van der Waals surface area contributed by atoms with E-state index >= 15 is 0 Å². The molecule has 1 aliphatic rings. The molecule has 2 aromatic rings. The van der Waals surface area contributed by atoms with E-state index in [2.05, 4.69) is 6.92 Å². The van der Waals surface area contributed by atoms with Crippen molar-refractivity contribution in [3.05, 3.63) is 48.0 Å². The normalized spacial score (nSPS) is 17.7. The van der Waals surface area contributed by atoms with Crippen molar-refractivity contribution >= 4 is 22.6 Å². The molecule has 0 radical (unpaired) electrons. The van der Waals surface area contributed by atoms with Gasteiger partial charge in [-0.15, -0.1) is 0 Å². The van der Waals surface area contributed by atoms with Crippen LogP contribution in [0.3, 0.4) is 0 Å².